The molecule has 0 bridgehead atoms. The second kappa shape index (κ2) is 6.67. The van der Waals surface area contributed by atoms with Crippen LogP contribution in [0.3, 0.4) is 0 Å². The highest BCUT2D eigenvalue weighted by Crippen LogP contribution is 2.22. The number of hydrogen-bond acceptors (Lipinski definition) is 3. The number of hydrogen-bond donors (Lipinski definition) is 1. The third kappa shape index (κ3) is 4.61. The van der Waals surface area contributed by atoms with Crippen LogP contribution in [0.25, 0.3) is 0 Å². The second-order valence-corrected chi connectivity index (χ2v) is 7.25. The van der Waals surface area contributed by atoms with E-state index in [1.54, 1.807) is 23.5 Å². The maximum Gasteiger partial charge on any atom is 0.123 e. The normalized spacial score (nSPS) is 16.1. The van der Waals surface area contributed by atoms with Crippen molar-refractivity contribution in [2.45, 2.75) is 38.6 Å². The summed E-state index contributed by atoms with van der Waals surface area (Å²) in [6.07, 6.45) is 6.64. The van der Waals surface area contributed by atoms with Crippen LogP contribution < -0.4 is 5.32 Å². The van der Waals surface area contributed by atoms with Gasteiger partial charge in [-0.1, -0.05) is 12.1 Å². The molecule has 1 aromatic heterocycles. The van der Waals surface area contributed by atoms with E-state index in [4.69, 9.17) is 0 Å². The Balaban J connectivity index is 1.63. The zero-order valence-electron chi connectivity index (χ0n) is 12.3. The van der Waals surface area contributed by atoms with Gasteiger partial charge in [0.15, 0.2) is 0 Å². The van der Waals surface area contributed by atoms with Gasteiger partial charge in [0.05, 0.1) is 5.01 Å². The van der Waals surface area contributed by atoms with E-state index in [1.807, 2.05) is 25.3 Å². The second-order valence-electron chi connectivity index (χ2n) is 5.93. The number of aromatic nitrogens is 1. The largest absolute Gasteiger partial charge is 0.314 e. The Morgan fingerprint density at radius 3 is 2.67 bits per heavy atom. The van der Waals surface area contributed by atoms with Gasteiger partial charge in [0.25, 0.3) is 0 Å². The topological polar surface area (TPSA) is 24.9 Å². The predicted molar refractivity (Wildman–Crippen MR) is 85.2 cm³/mol. The molecule has 0 amide bonds. The molecular formula is C17H21FN2S. The molecule has 1 aliphatic carbocycles. The molecule has 1 heterocycles. The highest BCUT2D eigenvalue weighted by Gasteiger charge is 2.22. The Kier molecular flexibility index (Phi) is 4.66. The van der Waals surface area contributed by atoms with Gasteiger partial charge >= 0.3 is 0 Å². The Labute approximate surface area is 129 Å². The number of benzene rings is 1. The average Bonchev–Trinajstić information content (AvgIpc) is 3.21. The molecule has 3 rings (SSSR count). The highest BCUT2D eigenvalue weighted by atomic mass is 32.1. The first-order valence-electron chi connectivity index (χ1n) is 7.58. The van der Waals surface area contributed by atoms with Crippen LogP contribution in [-0.2, 0) is 12.8 Å². The van der Waals surface area contributed by atoms with E-state index in [9.17, 15) is 4.39 Å². The molecule has 1 N–H and O–H groups in total. The number of thiazole rings is 1. The van der Waals surface area contributed by atoms with Gasteiger partial charge in [0.1, 0.15) is 5.82 Å². The number of nitrogens with one attached hydrogen (secondary N) is 1. The molecule has 1 aliphatic rings. The monoisotopic (exact) mass is 304 g/mol. The fourth-order valence-electron chi connectivity index (χ4n) is 2.58. The van der Waals surface area contributed by atoms with Crippen LogP contribution in [0.4, 0.5) is 4.39 Å². The van der Waals surface area contributed by atoms with Gasteiger partial charge in [0.2, 0.25) is 0 Å². The van der Waals surface area contributed by atoms with Crippen LogP contribution in [0.2, 0.25) is 0 Å². The summed E-state index contributed by atoms with van der Waals surface area (Å²) in [7, 11) is 0. The third-order valence-corrected chi connectivity index (χ3v) is 4.80. The highest BCUT2D eigenvalue weighted by molar-refractivity contribution is 7.11. The van der Waals surface area contributed by atoms with Crippen LogP contribution in [0, 0.1) is 18.7 Å². The maximum absolute atomic E-state index is 13.0. The van der Waals surface area contributed by atoms with E-state index < -0.39 is 0 Å². The van der Waals surface area contributed by atoms with Gasteiger partial charge in [-0.3, -0.25) is 0 Å². The number of aryl methyl sites for hydroxylation is 1. The van der Waals surface area contributed by atoms with Crippen molar-refractivity contribution in [1.82, 2.24) is 10.3 Å². The molecule has 4 heteroatoms. The Hall–Kier alpha value is -1.26. The molecule has 0 spiro atoms. The average molecular weight is 304 g/mol. The molecule has 1 fully saturated rings. The van der Waals surface area contributed by atoms with Crippen LogP contribution in [0.15, 0.2) is 30.5 Å². The Bertz CT molecular complexity index is 575. The van der Waals surface area contributed by atoms with E-state index >= 15 is 0 Å². The first-order chi connectivity index (χ1) is 10.2. The van der Waals surface area contributed by atoms with E-state index in [0.717, 1.165) is 30.4 Å². The van der Waals surface area contributed by atoms with Crippen molar-refractivity contribution in [3.8, 4) is 0 Å². The summed E-state index contributed by atoms with van der Waals surface area (Å²) < 4.78 is 13.0. The van der Waals surface area contributed by atoms with Crippen molar-refractivity contribution >= 4 is 11.3 Å². The molecule has 2 nitrogen and oxygen atoms in total. The first-order valence-corrected chi connectivity index (χ1v) is 8.40. The molecule has 1 atom stereocenters. The predicted octanol–water partition coefficient (Wildman–Crippen LogP) is 3.74. The van der Waals surface area contributed by atoms with Crippen molar-refractivity contribution in [3.63, 3.8) is 0 Å². The SMILES string of the molecule is Cc1ncc(CC(CNC2CC2)Cc2ccc(F)cc2)s1. The van der Waals surface area contributed by atoms with Crippen LogP contribution >= 0.6 is 11.3 Å². The fourth-order valence-corrected chi connectivity index (χ4v) is 3.48. The summed E-state index contributed by atoms with van der Waals surface area (Å²) in [6, 6.07) is 7.63. The van der Waals surface area contributed by atoms with Gasteiger partial charge in [0, 0.05) is 17.1 Å². The molecule has 1 aromatic carbocycles. The number of halogens is 1. The van der Waals surface area contributed by atoms with Crippen molar-refractivity contribution < 1.29 is 4.39 Å². The maximum atomic E-state index is 13.0. The minimum Gasteiger partial charge on any atom is -0.314 e. The van der Waals surface area contributed by atoms with Crippen molar-refractivity contribution in [2.75, 3.05) is 6.54 Å². The van der Waals surface area contributed by atoms with Gasteiger partial charge in [-0.2, -0.15) is 0 Å². The molecule has 0 radical (unpaired) electrons. The number of rotatable bonds is 7. The lowest BCUT2D eigenvalue weighted by Crippen LogP contribution is -2.27. The van der Waals surface area contributed by atoms with E-state index in [0.29, 0.717) is 5.92 Å². The minimum absolute atomic E-state index is 0.163. The quantitative estimate of drug-likeness (QED) is 0.843. The summed E-state index contributed by atoms with van der Waals surface area (Å²) >= 11 is 1.78. The van der Waals surface area contributed by atoms with Crippen LogP contribution in [0.1, 0.15) is 28.3 Å². The Morgan fingerprint density at radius 2 is 2.05 bits per heavy atom. The van der Waals surface area contributed by atoms with Crippen molar-refractivity contribution in [1.29, 1.82) is 0 Å². The van der Waals surface area contributed by atoms with E-state index in [-0.39, 0.29) is 5.82 Å². The fraction of sp³-hybridized carbons (Fsp3) is 0.471. The molecular weight excluding hydrogens is 283 g/mol. The molecule has 21 heavy (non-hydrogen) atoms. The van der Waals surface area contributed by atoms with Gasteiger partial charge in [-0.15, -0.1) is 11.3 Å². The summed E-state index contributed by atoms with van der Waals surface area (Å²) in [4.78, 5) is 5.69. The van der Waals surface area contributed by atoms with Gasteiger partial charge in [-0.25, -0.2) is 9.37 Å². The van der Waals surface area contributed by atoms with Gasteiger partial charge in [-0.05, 0) is 62.8 Å². The zero-order valence-corrected chi connectivity index (χ0v) is 13.1. The lowest BCUT2D eigenvalue weighted by molar-refractivity contribution is 0.471. The van der Waals surface area contributed by atoms with E-state index in [2.05, 4.69) is 10.3 Å². The summed E-state index contributed by atoms with van der Waals surface area (Å²) in [5.41, 5.74) is 1.21. The molecule has 0 aliphatic heterocycles. The standard InChI is InChI=1S/C17H21FN2S/c1-12-19-11-17(21-12)9-14(10-20-16-6-7-16)8-13-2-4-15(18)5-3-13/h2-5,11,14,16,20H,6-10H2,1H3. The van der Waals surface area contributed by atoms with E-state index in [1.165, 1.54) is 23.3 Å². The lowest BCUT2D eigenvalue weighted by Gasteiger charge is -2.17. The van der Waals surface area contributed by atoms with Crippen LogP contribution in [-0.4, -0.2) is 17.6 Å². The third-order valence-electron chi connectivity index (χ3n) is 3.87. The molecule has 0 saturated heterocycles. The van der Waals surface area contributed by atoms with Gasteiger partial charge < -0.3 is 5.32 Å². The first kappa shape index (κ1) is 14.7. The van der Waals surface area contributed by atoms with Crippen molar-refractivity contribution in [2.24, 2.45) is 5.92 Å². The number of nitrogens with zero attached hydrogens (tertiary/aromatic N) is 1. The summed E-state index contributed by atoms with van der Waals surface area (Å²) in [5, 5.41) is 4.75. The summed E-state index contributed by atoms with van der Waals surface area (Å²) in [5.74, 6) is 0.375. The lowest BCUT2D eigenvalue weighted by atomic mass is 9.95. The molecule has 2 aromatic rings. The smallest absolute Gasteiger partial charge is 0.123 e. The minimum atomic E-state index is -0.163. The molecule has 112 valence electrons. The van der Waals surface area contributed by atoms with Crippen LogP contribution in [0.5, 0.6) is 0 Å². The molecule has 1 unspecified atom stereocenters. The zero-order chi connectivity index (χ0) is 14.7. The Morgan fingerprint density at radius 1 is 1.29 bits per heavy atom. The van der Waals surface area contributed by atoms with Crippen molar-refractivity contribution in [3.05, 3.63) is 51.7 Å². The molecule has 1 saturated carbocycles. The summed E-state index contributed by atoms with van der Waals surface area (Å²) in [6.45, 7) is 3.07.